The van der Waals surface area contributed by atoms with Gasteiger partial charge in [-0.3, -0.25) is 9.69 Å². The highest BCUT2D eigenvalue weighted by Crippen LogP contribution is 2.27. The molecule has 1 aliphatic heterocycles. The van der Waals surface area contributed by atoms with Gasteiger partial charge in [0, 0.05) is 24.7 Å². The van der Waals surface area contributed by atoms with Crippen molar-refractivity contribution in [3.8, 4) is 5.75 Å². The number of rotatable bonds is 7. The third kappa shape index (κ3) is 5.70. The zero-order valence-corrected chi connectivity index (χ0v) is 16.2. The summed E-state index contributed by atoms with van der Waals surface area (Å²) in [5.41, 5.74) is 2.17. The number of ether oxygens (including phenoxy) is 2. The van der Waals surface area contributed by atoms with Crippen LogP contribution in [0.2, 0.25) is 5.02 Å². The van der Waals surface area contributed by atoms with Gasteiger partial charge < -0.3 is 14.8 Å². The van der Waals surface area contributed by atoms with Crippen LogP contribution in [0.4, 0.5) is 0 Å². The average Bonchev–Trinajstić information content (AvgIpc) is 2.70. The Morgan fingerprint density at radius 1 is 1.19 bits per heavy atom. The summed E-state index contributed by atoms with van der Waals surface area (Å²) in [6.45, 7) is 5.46. The molecule has 1 atom stereocenters. The van der Waals surface area contributed by atoms with Crippen molar-refractivity contribution < 1.29 is 14.3 Å². The Balaban J connectivity index is 1.59. The summed E-state index contributed by atoms with van der Waals surface area (Å²) >= 11 is 6.41. The number of hydrogen-bond donors (Lipinski definition) is 1. The Hall–Kier alpha value is -2.08. The molecule has 0 saturated carbocycles. The monoisotopic (exact) mass is 388 g/mol. The van der Waals surface area contributed by atoms with Crippen molar-refractivity contribution in [2.45, 2.75) is 13.0 Å². The average molecular weight is 389 g/mol. The minimum absolute atomic E-state index is 0.00549. The third-order valence-electron chi connectivity index (χ3n) is 4.63. The van der Waals surface area contributed by atoms with Crippen molar-refractivity contribution >= 4 is 17.5 Å². The molecule has 1 fully saturated rings. The van der Waals surface area contributed by atoms with E-state index in [4.69, 9.17) is 21.1 Å². The van der Waals surface area contributed by atoms with Crippen LogP contribution in [-0.4, -0.2) is 50.3 Å². The minimum Gasteiger partial charge on any atom is -0.484 e. The van der Waals surface area contributed by atoms with Gasteiger partial charge in [0.2, 0.25) is 0 Å². The van der Waals surface area contributed by atoms with E-state index in [9.17, 15) is 4.79 Å². The number of benzene rings is 2. The Bertz CT molecular complexity index is 745. The molecular weight excluding hydrogens is 364 g/mol. The molecule has 2 aromatic rings. The maximum absolute atomic E-state index is 12.3. The Labute approximate surface area is 165 Å². The first-order valence-corrected chi connectivity index (χ1v) is 9.53. The van der Waals surface area contributed by atoms with Gasteiger partial charge >= 0.3 is 0 Å². The fourth-order valence-corrected chi connectivity index (χ4v) is 3.38. The molecule has 2 aromatic carbocycles. The molecule has 6 heteroatoms. The molecule has 27 heavy (non-hydrogen) atoms. The molecule has 1 N–H and O–H groups in total. The predicted molar refractivity (Wildman–Crippen MR) is 106 cm³/mol. The van der Waals surface area contributed by atoms with E-state index in [1.807, 2.05) is 55.5 Å². The van der Waals surface area contributed by atoms with Crippen molar-refractivity contribution in [1.29, 1.82) is 0 Å². The van der Waals surface area contributed by atoms with Crippen LogP contribution in [0, 0.1) is 6.92 Å². The van der Waals surface area contributed by atoms with E-state index in [0.717, 1.165) is 24.2 Å². The normalized spacial score (nSPS) is 15.9. The second kappa shape index (κ2) is 9.74. The number of carbonyl (C=O) groups is 1. The van der Waals surface area contributed by atoms with E-state index in [1.54, 1.807) is 0 Å². The van der Waals surface area contributed by atoms with Crippen LogP contribution < -0.4 is 10.1 Å². The molecule has 0 aliphatic carbocycles. The van der Waals surface area contributed by atoms with Crippen LogP contribution in [0.1, 0.15) is 17.2 Å². The van der Waals surface area contributed by atoms with Crippen LogP contribution in [0.25, 0.3) is 0 Å². The van der Waals surface area contributed by atoms with Crippen molar-refractivity contribution in [2.75, 3.05) is 39.5 Å². The smallest absolute Gasteiger partial charge is 0.258 e. The molecule has 144 valence electrons. The highest BCUT2D eigenvalue weighted by Gasteiger charge is 2.24. The van der Waals surface area contributed by atoms with E-state index < -0.39 is 0 Å². The number of hydrogen-bond acceptors (Lipinski definition) is 4. The number of carbonyl (C=O) groups excluding carboxylic acids is 1. The van der Waals surface area contributed by atoms with E-state index in [2.05, 4.69) is 10.2 Å². The van der Waals surface area contributed by atoms with Gasteiger partial charge in [-0.05, 0) is 30.7 Å². The van der Waals surface area contributed by atoms with Crippen LogP contribution in [-0.2, 0) is 9.53 Å². The van der Waals surface area contributed by atoms with E-state index in [-0.39, 0.29) is 18.6 Å². The summed E-state index contributed by atoms with van der Waals surface area (Å²) in [5.74, 6) is 0.535. The molecule has 0 spiro atoms. The summed E-state index contributed by atoms with van der Waals surface area (Å²) in [6.07, 6.45) is 0. The largest absolute Gasteiger partial charge is 0.484 e. The summed E-state index contributed by atoms with van der Waals surface area (Å²) in [5, 5.41) is 3.69. The first kappa shape index (κ1) is 19.7. The lowest BCUT2D eigenvalue weighted by Crippen LogP contribution is -2.44. The van der Waals surface area contributed by atoms with E-state index in [1.165, 1.54) is 0 Å². The summed E-state index contributed by atoms with van der Waals surface area (Å²) in [7, 11) is 0. The van der Waals surface area contributed by atoms with Crippen molar-refractivity contribution in [3.05, 3.63) is 64.7 Å². The number of nitrogens with one attached hydrogen (secondary N) is 1. The van der Waals surface area contributed by atoms with E-state index >= 15 is 0 Å². The zero-order chi connectivity index (χ0) is 19.1. The topological polar surface area (TPSA) is 50.8 Å². The van der Waals surface area contributed by atoms with Gasteiger partial charge in [0.05, 0.1) is 19.3 Å². The van der Waals surface area contributed by atoms with Gasteiger partial charge in [-0.15, -0.1) is 0 Å². The third-order valence-corrected chi connectivity index (χ3v) is 4.98. The quantitative estimate of drug-likeness (QED) is 0.791. The molecule has 1 amide bonds. The summed E-state index contributed by atoms with van der Waals surface area (Å²) in [4.78, 5) is 14.6. The number of halogens is 1. The van der Waals surface area contributed by atoms with Crippen molar-refractivity contribution in [1.82, 2.24) is 10.2 Å². The van der Waals surface area contributed by atoms with Gasteiger partial charge in [0.15, 0.2) is 6.61 Å². The fraction of sp³-hybridized carbons (Fsp3) is 0.381. The first-order valence-electron chi connectivity index (χ1n) is 9.16. The second-order valence-electron chi connectivity index (χ2n) is 6.59. The molecule has 1 aliphatic rings. The van der Waals surface area contributed by atoms with Crippen molar-refractivity contribution in [2.24, 2.45) is 0 Å². The zero-order valence-electron chi connectivity index (χ0n) is 15.5. The van der Waals surface area contributed by atoms with Crippen LogP contribution in [0.5, 0.6) is 5.75 Å². The molecule has 1 heterocycles. The van der Waals surface area contributed by atoms with Gasteiger partial charge in [-0.1, -0.05) is 47.5 Å². The standard InChI is InChI=1S/C21H25ClN2O3/c1-16-6-8-17(9-7-16)27-15-21(25)23-14-20(24-10-12-26-13-11-24)18-4-2-3-5-19(18)22/h2-9,20H,10-15H2,1H3,(H,23,25)/t20-/m0/s1. The number of aryl methyl sites for hydroxylation is 1. The number of morpholine rings is 1. The van der Waals surface area contributed by atoms with Crippen LogP contribution in [0.15, 0.2) is 48.5 Å². The summed E-state index contributed by atoms with van der Waals surface area (Å²) in [6, 6.07) is 15.4. The Morgan fingerprint density at radius 3 is 2.59 bits per heavy atom. The Kier molecular flexibility index (Phi) is 7.10. The van der Waals surface area contributed by atoms with Crippen molar-refractivity contribution in [3.63, 3.8) is 0 Å². The maximum Gasteiger partial charge on any atom is 0.258 e. The molecule has 0 radical (unpaired) electrons. The highest BCUT2D eigenvalue weighted by atomic mass is 35.5. The lowest BCUT2D eigenvalue weighted by atomic mass is 10.0. The van der Waals surface area contributed by atoms with Crippen LogP contribution in [0.3, 0.4) is 0 Å². The molecular formula is C21H25ClN2O3. The highest BCUT2D eigenvalue weighted by molar-refractivity contribution is 6.31. The molecule has 3 rings (SSSR count). The van der Waals surface area contributed by atoms with E-state index in [0.29, 0.717) is 30.5 Å². The SMILES string of the molecule is Cc1ccc(OCC(=O)NC[C@@H](c2ccccc2Cl)N2CCOCC2)cc1. The second-order valence-corrected chi connectivity index (χ2v) is 7.00. The lowest BCUT2D eigenvalue weighted by Gasteiger charge is -2.35. The van der Waals surface area contributed by atoms with Gasteiger partial charge in [0.1, 0.15) is 5.75 Å². The lowest BCUT2D eigenvalue weighted by molar-refractivity contribution is -0.123. The maximum atomic E-state index is 12.3. The predicted octanol–water partition coefficient (Wildman–Crippen LogP) is 3.22. The minimum atomic E-state index is -0.152. The molecule has 5 nitrogen and oxygen atoms in total. The first-order chi connectivity index (χ1) is 13.1. The molecule has 0 aromatic heterocycles. The van der Waals surface area contributed by atoms with Gasteiger partial charge in [-0.2, -0.15) is 0 Å². The molecule has 0 unspecified atom stereocenters. The van der Waals surface area contributed by atoms with Gasteiger partial charge in [-0.25, -0.2) is 0 Å². The number of nitrogens with zero attached hydrogens (tertiary/aromatic N) is 1. The molecule has 0 bridgehead atoms. The fourth-order valence-electron chi connectivity index (χ4n) is 3.12. The number of amides is 1. The van der Waals surface area contributed by atoms with Gasteiger partial charge in [0.25, 0.3) is 5.91 Å². The Morgan fingerprint density at radius 2 is 1.89 bits per heavy atom. The molecule has 1 saturated heterocycles. The van der Waals surface area contributed by atoms with Crippen LogP contribution >= 0.6 is 11.6 Å². The summed E-state index contributed by atoms with van der Waals surface area (Å²) < 4.78 is 11.0.